The van der Waals surface area contributed by atoms with Crippen molar-refractivity contribution in [2.45, 2.75) is 123 Å². The topological polar surface area (TPSA) is 208 Å². The number of ether oxygens (including phenoxy) is 7. The minimum atomic E-state index is -1.46. The first kappa shape index (κ1) is 45.5. The van der Waals surface area contributed by atoms with Gasteiger partial charge in [-0.2, -0.15) is 0 Å². The minimum Gasteiger partial charge on any atom is -0.463 e. The molecule has 16 nitrogen and oxygen atoms in total. The summed E-state index contributed by atoms with van der Waals surface area (Å²) in [5.74, 6) is 2.33. The lowest BCUT2D eigenvalue weighted by atomic mass is 9.97. The number of carbonyl (C=O) groups is 6. The number of hydrogen-bond acceptors (Lipinski definition) is 14. The third kappa shape index (κ3) is 13.7. The van der Waals surface area contributed by atoms with Crippen LogP contribution < -0.4 is 10.1 Å². The number of hydrogen-bond donors (Lipinski definition) is 2. The van der Waals surface area contributed by atoms with Gasteiger partial charge in [-0.3, -0.25) is 29.1 Å². The fraction of sp³-hybridized carbons (Fsp3) is 0.465. The molecule has 316 valence electrons. The van der Waals surface area contributed by atoms with Crippen molar-refractivity contribution in [2.75, 3.05) is 6.61 Å². The Bertz CT molecular complexity index is 2010. The Kier molecular flexibility index (Phi) is 16.2. The lowest BCUT2D eigenvalue weighted by Gasteiger charge is -2.43. The van der Waals surface area contributed by atoms with E-state index in [1.54, 1.807) is 13.8 Å². The summed E-state index contributed by atoms with van der Waals surface area (Å²) >= 11 is 0. The standard InChI is InChI=1S/C43H51N3O13/c1-25(2)36-33(22-31-20-18-30(19-21-31)14-12-13-17-35(51)44-43(7,8)42(52)54-23-32-15-10-9-11-16-32)40(46-45-36)59-41-39(57-29(6)50)38(56-28(5)49)37(55-27(4)48)34(58-41)24-53-26(3)47/h9-11,15-16,18-21,25,34,37-39,41H,13,17,22-24H2,1-8H3,(H,44,51)(H,45,46)/t34-,37+,38+,39-,41?/m1/s1. The number of amides is 1. The quantitative estimate of drug-likeness (QED) is 0.117. The van der Waals surface area contributed by atoms with E-state index in [0.29, 0.717) is 17.5 Å². The lowest BCUT2D eigenvalue weighted by Crippen LogP contribution is -2.63. The van der Waals surface area contributed by atoms with Crippen LogP contribution in [0.1, 0.15) is 102 Å². The molecule has 4 rings (SSSR count). The van der Waals surface area contributed by atoms with E-state index >= 15 is 0 Å². The Morgan fingerprint density at radius 1 is 0.814 bits per heavy atom. The van der Waals surface area contributed by atoms with Gasteiger partial charge >= 0.3 is 29.8 Å². The van der Waals surface area contributed by atoms with Crippen LogP contribution in [-0.2, 0) is 70.2 Å². The molecular weight excluding hydrogens is 766 g/mol. The van der Waals surface area contributed by atoms with Crippen molar-refractivity contribution >= 4 is 35.8 Å². The van der Waals surface area contributed by atoms with Gasteiger partial charge in [-0.15, -0.1) is 5.10 Å². The Labute approximate surface area is 342 Å². The summed E-state index contributed by atoms with van der Waals surface area (Å²) in [6, 6.07) is 16.7. The molecule has 2 N–H and O–H groups in total. The Hall–Kier alpha value is -6.21. The monoisotopic (exact) mass is 817 g/mol. The summed E-state index contributed by atoms with van der Waals surface area (Å²) in [7, 11) is 0. The molecule has 1 aliphatic rings. The van der Waals surface area contributed by atoms with Gasteiger partial charge in [0.25, 0.3) is 0 Å². The van der Waals surface area contributed by atoms with Crippen molar-refractivity contribution in [1.82, 2.24) is 15.5 Å². The van der Waals surface area contributed by atoms with Crippen LogP contribution in [0.5, 0.6) is 5.88 Å². The summed E-state index contributed by atoms with van der Waals surface area (Å²) < 4.78 is 39.5. The zero-order chi connectivity index (χ0) is 43.3. The van der Waals surface area contributed by atoms with Gasteiger partial charge in [0.05, 0.1) is 0 Å². The number of aromatic nitrogens is 2. The normalized spacial score (nSPS) is 18.7. The number of rotatable bonds is 16. The second-order valence-electron chi connectivity index (χ2n) is 14.7. The van der Waals surface area contributed by atoms with Gasteiger partial charge in [-0.1, -0.05) is 68.2 Å². The largest absolute Gasteiger partial charge is 0.463 e. The zero-order valence-corrected chi connectivity index (χ0v) is 34.5. The summed E-state index contributed by atoms with van der Waals surface area (Å²) in [6.07, 6.45) is -6.15. The van der Waals surface area contributed by atoms with Gasteiger partial charge in [0.15, 0.2) is 12.2 Å². The van der Waals surface area contributed by atoms with Crippen molar-refractivity contribution in [3.8, 4) is 17.7 Å². The van der Waals surface area contributed by atoms with Crippen LogP contribution in [0.2, 0.25) is 0 Å². The Morgan fingerprint density at radius 2 is 1.44 bits per heavy atom. The van der Waals surface area contributed by atoms with E-state index in [1.165, 1.54) is 6.92 Å². The third-order valence-corrected chi connectivity index (χ3v) is 8.83. The van der Waals surface area contributed by atoms with Crippen molar-refractivity contribution in [2.24, 2.45) is 0 Å². The summed E-state index contributed by atoms with van der Waals surface area (Å²) in [6.45, 7) is 11.4. The van der Waals surface area contributed by atoms with Gasteiger partial charge in [-0.25, -0.2) is 4.79 Å². The molecule has 5 atom stereocenters. The molecule has 1 aliphatic heterocycles. The average Bonchev–Trinajstić information content (AvgIpc) is 3.56. The first-order valence-electron chi connectivity index (χ1n) is 19.1. The highest BCUT2D eigenvalue weighted by Gasteiger charge is 2.53. The fourth-order valence-corrected chi connectivity index (χ4v) is 6.12. The third-order valence-electron chi connectivity index (χ3n) is 8.83. The molecule has 3 aromatic rings. The smallest absolute Gasteiger partial charge is 0.331 e. The molecule has 1 unspecified atom stereocenters. The Balaban J connectivity index is 1.46. The number of aromatic amines is 1. The van der Waals surface area contributed by atoms with E-state index in [4.69, 9.17) is 33.2 Å². The number of nitrogens with zero attached hydrogens (tertiary/aromatic N) is 1. The lowest BCUT2D eigenvalue weighted by molar-refractivity contribution is -0.289. The van der Waals surface area contributed by atoms with Crippen molar-refractivity contribution < 1.29 is 61.9 Å². The van der Waals surface area contributed by atoms with E-state index in [9.17, 15) is 28.8 Å². The SMILES string of the molecule is CC(=O)OC[C@H]1OC(Oc2n[nH]c(C(C)C)c2Cc2ccc(C#CCCC(=O)NC(C)(C)C(=O)OCc3ccccc3)cc2)[C@H](OC(C)=O)[C@@H](OC(C)=O)[C@H]1OC(C)=O. The van der Waals surface area contributed by atoms with Crippen LogP contribution in [0.15, 0.2) is 54.6 Å². The van der Waals surface area contributed by atoms with Gasteiger partial charge < -0.3 is 38.5 Å². The first-order valence-corrected chi connectivity index (χ1v) is 19.1. The predicted molar refractivity (Wildman–Crippen MR) is 209 cm³/mol. The van der Waals surface area contributed by atoms with Gasteiger partial charge in [-0.05, 0) is 43.0 Å². The van der Waals surface area contributed by atoms with Crippen LogP contribution >= 0.6 is 0 Å². The molecule has 0 spiro atoms. The molecule has 0 aliphatic carbocycles. The van der Waals surface area contributed by atoms with Crippen molar-refractivity contribution in [3.05, 3.63) is 82.5 Å². The molecule has 1 saturated heterocycles. The molecule has 2 aromatic carbocycles. The maximum absolute atomic E-state index is 12.6. The van der Waals surface area contributed by atoms with Gasteiger partial charge in [0.2, 0.25) is 24.2 Å². The molecular formula is C43H51N3O13. The van der Waals surface area contributed by atoms with Crippen molar-refractivity contribution in [3.63, 3.8) is 0 Å². The number of nitrogens with one attached hydrogen (secondary N) is 2. The second kappa shape index (κ2) is 21.0. The van der Waals surface area contributed by atoms with E-state index < -0.39 is 72.7 Å². The number of carbonyl (C=O) groups excluding carboxylic acids is 6. The minimum absolute atomic E-state index is 0.0295. The molecule has 1 amide bonds. The maximum Gasteiger partial charge on any atom is 0.331 e. The molecule has 0 saturated carbocycles. The molecule has 2 heterocycles. The Morgan fingerprint density at radius 3 is 2.05 bits per heavy atom. The van der Waals surface area contributed by atoms with Gasteiger partial charge in [0.1, 0.15) is 24.9 Å². The summed E-state index contributed by atoms with van der Waals surface area (Å²) in [5, 5.41) is 10.1. The van der Waals surface area contributed by atoms with Crippen LogP contribution in [0, 0.1) is 11.8 Å². The average molecular weight is 818 g/mol. The highest BCUT2D eigenvalue weighted by Crippen LogP contribution is 2.34. The summed E-state index contributed by atoms with van der Waals surface area (Å²) in [4.78, 5) is 73.7. The van der Waals surface area contributed by atoms with Crippen LogP contribution in [-0.4, -0.2) is 88.8 Å². The van der Waals surface area contributed by atoms with Crippen molar-refractivity contribution in [1.29, 1.82) is 0 Å². The highest BCUT2D eigenvalue weighted by atomic mass is 16.7. The maximum atomic E-state index is 12.6. The number of H-pyrrole nitrogens is 1. The van der Waals surface area contributed by atoms with E-state index in [2.05, 4.69) is 27.4 Å². The molecule has 59 heavy (non-hydrogen) atoms. The van der Waals surface area contributed by atoms with Crippen LogP contribution in [0.25, 0.3) is 0 Å². The molecule has 1 aromatic heterocycles. The molecule has 16 heteroatoms. The van der Waals surface area contributed by atoms with Crippen LogP contribution in [0.4, 0.5) is 0 Å². The van der Waals surface area contributed by atoms with E-state index in [0.717, 1.165) is 37.6 Å². The molecule has 0 bridgehead atoms. The number of benzene rings is 2. The summed E-state index contributed by atoms with van der Waals surface area (Å²) in [5.41, 5.74) is 2.61. The second-order valence-corrected chi connectivity index (χ2v) is 14.7. The zero-order valence-electron chi connectivity index (χ0n) is 34.5. The van der Waals surface area contributed by atoms with E-state index in [1.807, 2.05) is 68.4 Å². The fourth-order valence-electron chi connectivity index (χ4n) is 6.12. The first-order chi connectivity index (χ1) is 27.9. The number of esters is 5. The van der Waals surface area contributed by atoms with E-state index in [-0.39, 0.29) is 37.2 Å². The highest BCUT2D eigenvalue weighted by molar-refractivity contribution is 5.87. The predicted octanol–water partition coefficient (Wildman–Crippen LogP) is 4.36. The molecule has 1 fully saturated rings. The van der Waals surface area contributed by atoms with Crippen LogP contribution in [0.3, 0.4) is 0 Å². The van der Waals surface area contributed by atoms with Gasteiger partial charge in [0, 0.05) is 63.8 Å². The molecule has 0 radical (unpaired) electrons.